The number of pyridine rings is 1. The van der Waals surface area contributed by atoms with Crippen LogP contribution in [0.3, 0.4) is 0 Å². The van der Waals surface area contributed by atoms with Crippen molar-refractivity contribution in [1.82, 2.24) is 9.88 Å². The van der Waals surface area contributed by atoms with Crippen molar-refractivity contribution in [1.29, 1.82) is 0 Å². The topological polar surface area (TPSA) is 37.4 Å². The first-order valence-electron chi connectivity index (χ1n) is 8.07. The Morgan fingerprint density at radius 3 is 2.46 bits per heavy atom. The summed E-state index contributed by atoms with van der Waals surface area (Å²) in [5.74, 6) is 1.77. The van der Waals surface area contributed by atoms with E-state index in [4.69, 9.17) is 4.74 Å². The number of ether oxygens (including phenoxy) is 1. The Balaban J connectivity index is 1.75. The maximum atomic E-state index is 5.24. The van der Waals surface area contributed by atoms with Crippen LogP contribution in [0.15, 0.2) is 60.7 Å². The third-order valence-electron chi connectivity index (χ3n) is 4.20. The number of fused-ring (bicyclic) bond motifs is 1. The molecule has 4 heteroatoms. The van der Waals surface area contributed by atoms with E-state index in [1.807, 2.05) is 36.4 Å². The van der Waals surface area contributed by atoms with Gasteiger partial charge < -0.3 is 15.0 Å². The van der Waals surface area contributed by atoms with Crippen molar-refractivity contribution in [3.63, 3.8) is 0 Å². The van der Waals surface area contributed by atoms with Crippen molar-refractivity contribution in [2.24, 2.45) is 0 Å². The van der Waals surface area contributed by atoms with Gasteiger partial charge in [-0.15, -0.1) is 0 Å². The molecule has 0 saturated heterocycles. The van der Waals surface area contributed by atoms with Crippen LogP contribution < -0.4 is 10.1 Å². The molecule has 1 heterocycles. The number of anilines is 1. The van der Waals surface area contributed by atoms with Gasteiger partial charge in [0.15, 0.2) is 0 Å². The van der Waals surface area contributed by atoms with Gasteiger partial charge in [-0.1, -0.05) is 30.3 Å². The first kappa shape index (κ1) is 16.3. The Labute approximate surface area is 143 Å². The lowest BCUT2D eigenvalue weighted by atomic mass is 10.1. The molecule has 1 aromatic heterocycles. The van der Waals surface area contributed by atoms with Crippen LogP contribution in [0.4, 0.5) is 5.82 Å². The Hall–Kier alpha value is -2.59. The molecule has 0 fully saturated rings. The zero-order chi connectivity index (χ0) is 16.9. The summed E-state index contributed by atoms with van der Waals surface area (Å²) in [5, 5.41) is 4.62. The average Bonchev–Trinajstić information content (AvgIpc) is 2.62. The van der Waals surface area contributed by atoms with Gasteiger partial charge in [-0.3, -0.25) is 0 Å². The summed E-state index contributed by atoms with van der Waals surface area (Å²) < 4.78 is 5.24. The van der Waals surface area contributed by atoms with Crippen LogP contribution in [0.1, 0.15) is 11.6 Å². The van der Waals surface area contributed by atoms with Crippen LogP contribution >= 0.6 is 0 Å². The van der Waals surface area contributed by atoms with Crippen molar-refractivity contribution in [3.8, 4) is 5.75 Å². The Kier molecular flexibility index (Phi) is 4.96. The van der Waals surface area contributed by atoms with Gasteiger partial charge in [-0.2, -0.15) is 0 Å². The highest BCUT2D eigenvalue weighted by Gasteiger charge is 2.14. The van der Waals surface area contributed by atoms with Gasteiger partial charge >= 0.3 is 0 Å². The van der Waals surface area contributed by atoms with Gasteiger partial charge in [0.05, 0.1) is 18.7 Å². The Morgan fingerprint density at radius 2 is 1.75 bits per heavy atom. The summed E-state index contributed by atoms with van der Waals surface area (Å²) in [6.45, 7) is 0.782. The van der Waals surface area contributed by atoms with Gasteiger partial charge in [0.25, 0.3) is 0 Å². The van der Waals surface area contributed by atoms with Crippen LogP contribution in [-0.4, -0.2) is 37.6 Å². The predicted molar refractivity (Wildman–Crippen MR) is 99.7 cm³/mol. The number of hydrogen-bond donors (Lipinski definition) is 1. The standard InChI is InChI=1S/C20H23N3O/c1-23(2)19(16-8-11-17(24-3)12-9-16)14-21-20-13-10-15-6-4-5-7-18(15)22-20/h4-13,19H,14H2,1-3H3,(H,21,22). The molecule has 3 rings (SSSR count). The zero-order valence-corrected chi connectivity index (χ0v) is 14.4. The quantitative estimate of drug-likeness (QED) is 0.746. The molecule has 3 aromatic rings. The van der Waals surface area contributed by atoms with E-state index in [1.54, 1.807) is 7.11 Å². The third-order valence-corrected chi connectivity index (χ3v) is 4.20. The van der Waals surface area contributed by atoms with E-state index in [2.05, 4.69) is 53.6 Å². The molecule has 4 nitrogen and oxygen atoms in total. The molecule has 0 spiro atoms. The molecule has 0 aliphatic rings. The Bertz CT molecular complexity index is 799. The number of para-hydroxylation sites is 1. The maximum absolute atomic E-state index is 5.24. The minimum absolute atomic E-state index is 0.254. The van der Waals surface area contributed by atoms with E-state index in [-0.39, 0.29) is 6.04 Å². The number of benzene rings is 2. The molecule has 0 saturated carbocycles. The minimum Gasteiger partial charge on any atom is -0.497 e. The number of rotatable bonds is 6. The fourth-order valence-electron chi connectivity index (χ4n) is 2.79. The molecule has 24 heavy (non-hydrogen) atoms. The number of likely N-dealkylation sites (N-methyl/N-ethyl adjacent to an activating group) is 1. The summed E-state index contributed by atoms with van der Waals surface area (Å²) in [7, 11) is 5.86. The predicted octanol–water partition coefficient (Wildman–Crippen LogP) is 3.96. The molecule has 1 N–H and O–H groups in total. The monoisotopic (exact) mass is 321 g/mol. The molecular formula is C20H23N3O. The first-order valence-corrected chi connectivity index (χ1v) is 8.07. The third kappa shape index (κ3) is 3.66. The van der Waals surface area contributed by atoms with E-state index in [0.717, 1.165) is 29.0 Å². The second-order valence-electron chi connectivity index (χ2n) is 6.02. The number of aromatic nitrogens is 1. The molecule has 0 radical (unpaired) electrons. The normalized spacial score (nSPS) is 12.3. The molecular weight excluding hydrogens is 298 g/mol. The molecule has 1 unspecified atom stereocenters. The first-order chi connectivity index (χ1) is 11.7. The smallest absolute Gasteiger partial charge is 0.126 e. The van der Waals surface area contributed by atoms with Gasteiger partial charge in [-0.25, -0.2) is 4.98 Å². The van der Waals surface area contributed by atoms with E-state index >= 15 is 0 Å². The van der Waals surface area contributed by atoms with Crippen LogP contribution in [0.5, 0.6) is 5.75 Å². The minimum atomic E-state index is 0.254. The molecule has 0 aliphatic heterocycles. The summed E-state index contributed by atoms with van der Waals surface area (Å²) in [5.41, 5.74) is 2.25. The number of nitrogens with zero attached hydrogens (tertiary/aromatic N) is 2. The summed E-state index contributed by atoms with van der Waals surface area (Å²) >= 11 is 0. The summed E-state index contributed by atoms with van der Waals surface area (Å²) in [6.07, 6.45) is 0. The van der Waals surface area contributed by atoms with Crippen molar-refractivity contribution in [2.45, 2.75) is 6.04 Å². The maximum Gasteiger partial charge on any atom is 0.126 e. The van der Waals surface area contributed by atoms with E-state index < -0.39 is 0 Å². The number of hydrogen-bond acceptors (Lipinski definition) is 4. The number of methoxy groups -OCH3 is 1. The van der Waals surface area contributed by atoms with E-state index in [1.165, 1.54) is 5.56 Å². The van der Waals surface area contributed by atoms with Crippen molar-refractivity contribution < 1.29 is 4.74 Å². The fraction of sp³-hybridized carbons (Fsp3) is 0.250. The fourth-order valence-corrected chi connectivity index (χ4v) is 2.79. The Morgan fingerprint density at radius 1 is 1.00 bits per heavy atom. The second kappa shape index (κ2) is 7.32. The zero-order valence-electron chi connectivity index (χ0n) is 14.4. The lowest BCUT2D eigenvalue weighted by Crippen LogP contribution is -2.27. The van der Waals surface area contributed by atoms with Crippen molar-refractivity contribution >= 4 is 16.7 Å². The van der Waals surface area contributed by atoms with Crippen LogP contribution in [0.2, 0.25) is 0 Å². The molecule has 124 valence electrons. The molecule has 1 atom stereocenters. The molecule has 2 aromatic carbocycles. The van der Waals surface area contributed by atoms with Gasteiger partial charge in [-0.05, 0) is 50.0 Å². The largest absolute Gasteiger partial charge is 0.497 e. The summed E-state index contributed by atoms with van der Waals surface area (Å²) in [4.78, 5) is 6.88. The highest BCUT2D eigenvalue weighted by atomic mass is 16.5. The molecule has 0 bridgehead atoms. The van der Waals surface area contributed by atoms with E-state index in [9.17, 15) is 0 Å². The molecule has 0 aliphatic carbocycles. The number of nitrogens with one attached hydrogen (secondary N) is 1. The van der Waals surface area contributed by atoms with E-state index in [0.29, 0.717) is 0 Å². The second-order valence-corrected chi connectivity index (χ2v) is 6.02. The average molecular weight is 321 g/mol. The van der Waals surface area contributed by atoms with Crippen molar-refractivity contribution in [2.75, 3.05) is 33.1 Å². The van der Waals surface area contributed by atoms with Crippen LogP contribution in [0, 0.1) is 0 Å². The highest BCUT2D eigenvalue weighted by molar-refractivity contribution is 5.80. The van der Waals surface area contributed by atoms with Gasteiger partial charge in [0, 0.05) is 11.9 Å². The van der Waals surface area contributed by atoms with Crippen LogP contribution in [0.25, 0.3) is 10.9 Å². The highest BCUT2D eigenvalue weighted by Crippen LogP contribution is 2.22. The SMILES string of the molecule is COc1ccc(C(CNc2ccc3ccccc3n2)N(C)C)cc1. The van der Waals surface area contributed by atoms with Crippen LogP contribution in [-0.2, 0) is 0 Å². The lowest BCUT2D eigenvalue weighted by Gasteiger charge is -2.25. The van der Waals surface area contributed by atoms with Gasteiger partial charge in [0.2, 0.25) is 0 Å². The lowest BCUT2D eigenvalue weighted by molar-refractivity contribution is 0.311. The van der Waals surface area contributed by atoms with Gasteiger partial charge in [0.1, 0.15) is 11.6 Å². The summed E-state index contributed by atoms with van der Waals surface area (Å²) in [6, 6.07) is 20.8. The van der Waals surface area contributed by atoms with Crippen molar-refractivity contribution in [3.05, 3.63) is 66.2 Å². The molecule has 0 amide bonds.